The molecule has 0 spiro atoms. The molecule has 10 heteroatoms. The minimum atomic E-state index is -0.437. The van der Waals surface area contributed by atoms with E-state index in [0.29, 0.717) is 59.4 Å². The third-order valence-corrected chi connectivity index (χ3v) is 6.00. The van der Waals surface area contributed by atoms with Gasteiger partial charge in [-0.15, -0.1) is 0 Å². The van der Waals surface area contributed by atoms with Crippen LogP contribution in [0.3, 0.4) is 0 Å². The predicted octanol–water partition coefficient (Wildman–Crippen LogP) is 3.14. The van der Waals surface area contributed by atoms with Crippen molar-refractivity contribution in [3.63, 3.8) is 0 Å². The molecule has 1 N–H and O–H groups in total. The lowest BCUT2D eigenvalue weighted by molar-refractivity contribution is -0.118. The number of pyridine rings is 1. The average Bonchev–Trinajstić information content (AvgIpc) is 3.29. The molecule has 3 aromatic heterocycles. The standard InChI is InChI=1S/C25H26FN7O2/c1-15(2)33-14-29-24-21(33)12-19(31-25(24)35-3)18-6-7-28-22(30-18)11-16-4-5-20(17(26)10-16)32-9-8-27-13-23(32)34/h4-7,10,12,14-15,27H,8-9,11,13H2,1-3H3. The van der Waals surface area contributed by atoms with Gasteiger partial charge in [0.05, 0.1) is 42.6 Å². The van der Waals surface area contributed by atoms with E-state index in [4.69, 9.17) is 4.74 Å². The van der Waals surface area contributed by atoms with E-state index >= 15 is 0 Å². The molecule has 4 aromatic rings. The van der Waals surface area contributed by atoms with Crippen LogP contribution in [0.5, 0.6) is 5.88 Å². The number of hydrogen-bond acceptors (Lipinski definition) is 7. The van der Waals surface area contributed by atoms with Crippen molar-refractivity contribution in [2.75, 3.05) is 31.6 Å². The Kier molecular flexibility index (Phi) is 6.12. The Morgan fingerprint density at radius 3 is 2.74 bits per heavy atom. The summed E-state index contributed by atoms with van der Waals surface area (Å²) in [5.74, 6) is 0.383. The Morgan fingerprint density at radius 2 is 2.00 bits per heavy atom. The minimum Gasteiger partial charge on any atom is -0.479 e. The van der Waals surface area contributed by atoms with Gasteiger partial charge in [-0.2, -0.15) is 0 Å². The van der Waals surface area contributed by atoms with Crippen molar-refractivity contribution in [3.8, 4) is 17.3 Å². The molecular weight excluding hydrogens is 449 g/mol. The maximum absolute atomic E-state index is 14.9. The number of nitrogens with zero attached hydrogens (tertiary/aromatic N) is 6. The van der Waals surface area contributed by atoms with Crippen molar-refractivity contribution < 1.29 is 13.9 Å². The van der Waals surface area contributed by atoms with E-state index < -0.39 is 5.82 Å². The smallest absolute Gasteiger partial charge is 0.242 e. The number of hydrogen-bond donors (Lipinski definition) is 1. The quantitative estimate of drug-likeness (QED) is 0.457. The highest BCUT2D eigenvalue weighted by molar-refractivity contribution is 5.95. The SMILES string of the molecule is COc1nc(-c2ccnc(Cc3ccc(N4CCNCC4=O)c(F)c3)n2)cc2c1ncn2C(C)C. The largest absolute Gasteiger partial charge is 0.479 e. The summed E-state index contributed by atoms with van der Waals surface area (Å²) in [4.78, 5) is 31.7. The number of fused-ring (bicyclic) bond motifs is 1. The van der Waals surface area contributed by atoms with Gasteiger partial charge in [0.1, 0.15) is 11.6 Å². The van der Waals surface area contributed by atoms with E-state index in [2.05, 4.69) is 43.7 Å². The Labute approximate surface area is 202 Å². The molecular formula is C25H26FN7O2. The zero-order valence-electron chi connectivity index (χ0n) is 19.8. The molecule has 0 atom stereocenters. The number of nitrogens with one attached hydrogen (secondary N) is 1. The van der Waals surface area contributed by atoms with Crippen LogP contribution in [0, 0.1) is 5.82 Å². The summed E-state index contributed by atoms with van der Waals surface area (Å²) in [6, 6.07) is 8.83. The highest BCUT2D eigenvalue weighted by atomic mass is 19.1. The third kappa shape index (κ3) is 4.44. The van der Waals surface area contributed by atoms with Gasteiger partial charge in [0, 0.05) is 31.7 Å². The van der Waals surface area contributed by atoms with Crippen LogP contribution < -0.4 is 15.0 Å². The van der Waals surface area contributed by atoms with Gasteiger partial charge >= 0.3 is 0 Å². The molecule has 4 heterocycles. The van der Waals surface area contributed by atoms with Crippen LogP contribution in [0.25, 0.3) is 22.4 Å². The lowest BCUT2D eigenvalue weighted by Crippen LogP contribution is -2.48. The van der Waals surface area contributed by atoms with Crippen LogP contribution in [0.1, 0.15) is 31.3 Å². The fraction of sp³-hybridized carbons (Fsp3) is 0.320. The van der Waals surface area contributed by atoms with Gasteiger partial charge in [0.15, 0.2) is 5.52 Å². The molecule has 0 saturated carbocycles. The molecule has 0 unspecified atom stereocenters. The van der Waals surface area contributed by atoms with E-state index in [-0.39, 0.29) is 18.5 Å². The second-order valence-corrected chi connectivity index (χ2v) is 8.67. The van der Waals surface area contributed by atoms with Crippen LogP contribution >= 0.6 is 0 Å². The molecule has 1 aliphatic heterocycles. The maximum atomic E-state index is 14.9. The number of anilines is 1. The fourth-order valence-corrected chi connectivity index (χ4v) is 4.24. The summed E-state index contributed by atoms with van der Waals surface area (Å²) < 4.78 is 22.4. The number of methoxy groups -OCH3 is 1. The van der Waals surface area contributed by atoms with E-state index in [1.807, 2.05) is 6.07 Å². The summed E-state index contributed by atoms with van der Waals surface area (Å²) in [6.07, 6.45) is 3.78. The number of piperazine rings is 1. The average molecular weight is 476 g/mol. The number of ether oxygens (including phenoxy) is 1. The first-order chi connectivity index (χ1) is 16.9. The molecule has 9 nitrogen and oxygen atoms in total. The topological polar surface area (TPSA) is 98.1 Å². The number of aromatic nitrogens is 5. The van der Waals surface area contributed by atoms with E-state index in [0.717, 1.165) is 5.52 Å². The molecule has 1 aromatic carbocycles. The number of benzene rings is 1. The van der Waals surface area contributed by atoms with Crippen LogP contribution in [0.4, 0.5) is 10.1 Å². The fourth-order valence-electron chi connectivity index (χ4n) is 4.24. The molecule has 1 fully saturated rings. The van der Waals surface area contributed by atoms with Crippen LogP contribution in [-0.2, 0) is 11.2 Å². The van der Waals surface area contributed by atoms with Gasteiger partial charge < -0.3 is 19.5 Å². The zero-order chi connectivity index (χ0) is 24.5. The van der Waals surface area contributed by atoms with E-state index in [1.165, 1.54) is 11.0 Å². The number of amides is 1. The lowest BCUT2D eigenvalue weighted by atomic mass is 10.1. The molecule has 5 rings (SSSR count). The molecule has 0 radical (unpaired) electrons. The Morgan fingerprint density at radius 1 is 1.14 bits per heavy atom. The monoisotopic (exact) mass is 475 g/mol. The highest BCUT2D eigenvalue weighted by Crippen LogP contribution is 2.29. The molecule has 1 aliphatic rings. The summed E-state index contributed by atoms with van der Waals surface area (Å²) in [5.41, 5.74) is 3.88. The van der Waals surface area contributed by atoms with Gasteiger partial charge in [-0.05, 0) is 43.7 Å². The molecule has 35 heavy (non-hydrogen) atoms. The van der Waals surface area contributed by atoms with Crippen molar-refractivity contribution in [2.45, 2.75) is 26.3 Å². The number of carbonyl (C=O) groups excluding carboxylic acids is 1. The van der Waals surface area contributed by atoms with Crippen molar-refractivity contribution in [1.29, 1.82) is 0 Å². The number of carbonyl (C=O) groups is 1. The first kappa shape index (κ1) is 22.9. The number of imidazole rings is 1. The van der Waals surface area contributed by atoms with Crippen LogP contribution in [-0.4, -0.2) is 57.2 Å². The summed E-state index contributed by atoms with van der Waals surface area (Å²) in [5, 5.41) is 2.99. The second kappa shape index (κ2) is 9.38. The van der Waals surface area contributed by atoms with Gasteiger partial charge in [0.2, 0.25) is 11.8 Å². The first-order valence-electron chi connectivity index (χ1n) is 11.5. The van der Waals surface area contributed by atoms with Crippen molar-refractivity contribution in [2.24, 2.45) is 0 Å². The van der Waals surface area contributed by atoms with Crippen molar-refractivity contribution in [3.05, 3.63) is 60.1 Å². The Hall–Kier alpha value is -3.92. The van der Waals surface area contributed by atoms with Crippen molar-refractivity contribution in [1.82, 2.24) is 29.8 Å². The first-order valence-corrected chi connectivity index (χ1v) is 11.5. The highest BCUT2D eigenvalue weighted by Gasteiger charge is 2.22. The molecule has 0 bridgehead atoms. The minimum absolute atomic E-state index is 0.141. The zero-order valence-corrected chi connectivity index (χ0v) is 19.8. The normalized spacial score (nSPS) is 14.2. The lowest BCUT2D eigenvalue weighted by Gasteiger charge is -2.27. The van der Waals surface area contributed by atoms with E-state index in [1.54, 1.807) is 37.8 Å². The molecule has 0 aliphatic carbocycles. The summed E-state index contributed by atoms with van der Waals surface area (Å²) in [6.45, 7) is 5.45. The Balaban J connectivity index is 1.44. The van der Waals surface area contributed by atoms with Gasteiger partial charge in [-0.25, -0.2) is 24.3 Å². The predicted molar refractivity (Wildman–Crippen MR) is 130 cm³/mol. The molecule has 180 valence electrons. The Bertz CT molecular complexity index is 1400. The molecule has 1 saturated heterocycles. The summed E-state index contributed by atoms with van der Waals surface area (Å²) in [7, 11) is 1.57. The molecule has 1 amide bonds. The van der Waals surface area contributed by atoms with Crippen molar-refractivity contribution >= 4 is 22.6 Å². The number of halogens is 1. The number of rotatable bonds is 6. The summed E-state index contributed by atoms with van der Waals surface area (Å²) >= 11 is 0. The van der Waals surface area contributed by atoms with E-state index in [9.17, 15) is 9.18 Å². The van der Waals surface area contributed by atoms with Gasteiger partial charge in [0.25, 0.3) is 0 Å². The third-order valence-electron chi connectivity index (χ3n) is 6.00. The van der Waals surface area contributed by atoms with Crippen LogP contribution in [0.2, 0.25) is 0 Å². The second-order valence-electron chi connectivity index (χ2n) is 8.67. The maximum Gasteiger partial charge on any atom is 0.242 e. The van der Waals surface area contributed by atoms with Gasteiger partial charge in [-0.3, -0.25) is 4.79 Å². The van der Waals surface area contributed by atoms with Gasteiger partial charge in [-0.1, -0.05) is 6.07 Å². The van der Waals surface area contributed by atoms with Crippen LogP contribution in [0.15, 0.2) is 42.9 Å².